The maximum atomic E-state index is 9.00. The molecule has 0 radical (unpaired) electrons. The highest BCUT2D eigenvalue weighted by Gasteiger charge is 2.15. The number of pyridine rings is 2. The van der Waals surface area contributed by atoms with Crippen LogP contribution in [0.25, 0.3) is 0 Å². The summed E-state index contributed by atoms with van der Waals surface area (Å²) >= 11 is 0. The molecule has 124 valence electrons. The predicted molar refractivity (Wildman–Crippen MR) is 94.6 cm³/mol. The monoisotopic (exact) mass is 314 g/mol. The largest absolute Gasteiger partial charge is 0.395 e. The smallest absolute Gasteiger partial charge is 0.126 e. The van der Waals surface area contributed by atoms with Crippen LogP contribution in [0.3, 0.4) is 0 Å². The van der Waals surface area contributed by atoms with E-state index in [2.05, 4.69) is 29.1 Å². The van der Waals surface area contributed by atoms with Crippen LogP contribution in [0, 0.1) is 5.92 Å². The first kappa shape index (κ1) is 17.2. The van der Waals surface area contributed by atoms with E-state index in [9.17, 15) is 0 Å². The number of aliphatic hydroxyl groups is 1. The molecule has 2 aromatic heterocycles. The van der Waals surface area contributed by atoms with Crippen molar-refractivity contribution in [1.82, 2.24) is 9.97 Å². The summed E-state index contributed by atoms with van der Waals surface area (Å²) in [6, 6.07) is 10.1. The number of likely N-dealkylation sites (N-methyl/N-ethyl adjacent to an activating group) is 1. The number of aromatic nitrogens is 2. The van der Waals surface area contributed by atoms with Gasteiger partial charge in [-0.3, -0.25) is 4.98 Å². The highest BCUT2D eigenvalue weighted by molar-refractivity contribution is 5.49. The number of rotatable bonds is 8. The molecule has 5 nitrogen and oxygen atoms in total. The van der Waals surface area contributed by atoms with Crippen molar-refractivity contribution in [1.29, 1.82) is 0 Å². The highest BCUT2D eigenvalue weighted by atomic mass is 16.3. The van der Waals surface area contributed by atoms with Crippen molar-refractivity contribution in [2.45, 2.75) is 26.3 Å². The molecule has 0 aliphatic rings. The van der Waals surface area contributed by atoms with Crippen molar-refractivity contribution in [3.8, 4) is 0 Å². The first-order valence-corrected chi connectivity index (χ1v) is 8.05. The fourth-order valence-electron chi connectivity index (χ4n) is 2.46. The van der Waals surface area contributed by atoms with Gasteiger partial charge in [0.2, 0.25) is 0 Å². The lowest BCUT2D eigenvalue weighted by Gasteiger charge is -2.22. The Morgan fingerprint density at radius 2 is 2.00 bits per heavy atom. The number of hydrogen-bond acceptors (Lipinski definition) is 5. The fraction of sp³-hybridized carbons (Fsp3) is 0.444. The van der Waals surface area contributed by atoms with Crippen LogP contribution in [0.2, 0.25) is 0 Å². The molecule has 2 aromatic rings. The van der Waals surface area contributed by atoms with Gasteiger partial charge in [0, 0.05) is 19.8 Å². The maximum Gasteiger partial charge on any atom is 0.126 e. The van der Waals surface area contributed by atoms with Gasteiger partial charge in [-0.25, -0.2) is 4.98 Å². The van der Waals surface area contributed by atoms with Crippen LogP contribution in [0.15, 0.2) is 42.7 Å². The van der Waals surface area contributed by atoms with Crippen molar-refractivity contribution >= 4 is 11.5 Å². The van der Waals surface area contributed by atoms with Crippen LogP contribution in [-0.4, -0.2) is 35.3 Å². The second-order valence-electron chi connectivity index (χ2n) is 6.13. The minimum absolute atomic E-state index is 0.132. The van der Waals surface area contributed by atoms with E-state index >= 15 is 0 Å². The zero-order valence-electron chi connectivity index (χ0n) is 14.1. The van der Waals surface area contributed by atoms with Gasteiger partial charge in [-0.1, -0.05) is 19.9 Å². The van der Waals surface area contributed by atoms with Crippen LogP contribution in [-0.2, 0) is 0 Å². The Kier molecular flexibility index (Phi) is 6.35. The second-order valence-corrected chi connectivity index (χ2v) is 6.13. The SMILES string of the molecule is CC(C)CC(Nc1ccc(N(C)CCO)cn1)c1ccccn1. The summed E-state index contributed by atoms with van der Waals surface area (Å²) in [7, 11) is 1.94. The van der Waals surface area contributed by atoms with E-state index < -0.39 is 0 Å². The van der Waals surface area contributed by atoms with E-state index in [0.717, 1.165) is 23.6 Å². The molecule has 0 spiro atoms. The van der Waals surface area contributed by atoms with Crippen LogP contribution in [0.4, 0.5) is 11.5 Å². The zero-order valence-corrected chi connectivity index (χ0v) is 14.1. The van der Waals surface area contributed by atoms with E-state index in [0.29, 0.717) is 12.5 Å². The number of hydrogen-bond donors (Lipinski definition) is 2. The summed E-state index contributed by atoms with van der Waals surface area (Å²) in [4.78, 5) is 10.9. The second kappa shape index (κ2) is 8.48. The molecule has 0 fully saturated rings. The molecule has 23 heavy (non-hydrogen) atoms. The van der Waals surface area contributed by atoms with Gasteiger partial charge < -0.3 is 15.3 Å². The summed E-state index contributed by atoms with van der Waals surface area (Å²) in [6.07, 6.45) is 4.64. The molecule has 2 heterocycles. The first-order chi connectivity index (χ1) is 11.1. The summed E-state index contributed by atoms with van der Waals surface area (Å²) in [6.45, 7) is 5.14. The minimum atomic E-state index is 0.132. The van der Waals surface area contributed by atoms with Gasteiger partial charge in [0.1, 0.15) is 5.82 Å². The number of nitrogens with zero attached hydrogens (tertiary/aromatic N) is 3. The summed E-state index contributed by atoms with van der Waals surface area (Å²) < 4.78 is 0. The molecule has 5 heteroatoms. The molecule has 0 amide bonds. The molecule has 2 rings (SSSR count). The van der Waals surface area contributed by atoms with Crippen molar-refractivity contribution < 1.29 is 5.11 Å². The average molecular weight is 314 g/mol. The molecule has 0 aromatic carbocycles. The Hall–Kier alpha value is -2.14. The van der Waals surface area contributed by atoms with Crippen LogP contribution in [0.5, 0.6) is 0 Å². The van der Waals surface area contributed by atoms with Gasteiger partial charge in [-0.05, 0) is 36.6 Å². The normalized spacial score (nSPS) is 12.2. The third kappa shape index (κ3) is 5.21. The molecule has 1 atom stereocenters. The van der Waals surface area contributed by atoms with Crippen molar-refractivity contribution in [3.63, 3.8) is 0 Å². The van der Waals surface area contributed by atoms with E-state index in [1.165, 1.54) is 0 Å². The van der Waals surface area contributed by atoms with Crippen LogP contribution >= 0.6 is 0 Å². The standard InChI is InChI=1S/C18H26N4O/c1-14(2)12-17(16-6-4-5-9-19-16)21-18-8-7-15(13-20-18)22(3)10-11-23/h4-9,13-14,17,23H,10-12H2,1-3H3,(H,20,21). The lowest BCUT2D eigenvalue weighted by molar-refractivity contribution is 0.304. The molecule has 0 saturated carbocycles. The third-order valence-electron chi connectivity index (χ3n) is 3.70. The van der Waals surface area contributed by atoms with Crippen molar-refractivity contribution in [2.24, 2.45) is 5.92 Å². The zero-order chi connectivity index (χ0) is 16.7. The number of aliphatic hydroxyl groups excluding tert-OH is 1. The van der Waals surface area contributed by atoms with E-state index in [-0.39, 0.29) is 12.6 Å². The molecular formula is C18H26N4O. The number of nitrogens with one attached hydrogen (secondary N) is 1. The van der Waals surface area contributed by atoms with Crippen LogP contribution in [0.1, 0.15) is 32.0 Å². The van der Waals surface area contributed by atoms with Gasteiger partial charge in [0.25, 0.3) is 0 Å². The molecule has 0 bridgehead atoms. The van der Waals surface area contributed by atoms with E-state index in [1.807, 2.05) is 54.7 Å². The summed E-state index contributed by atoms with van der Waals surface area (Å²) in [5.74, 6) is 1.40. The topological polar surface area (TPSA) is 61.3 Å². The minimum Gasteiger partial charge on any atom is -0.395 e. The molecular weight excluding hydrogens is 288 g/mol. The van der Waals surface area contributed by atoms with Crippen molar-refractivity contribution in [3.05, 3.63) is 48.4 Å². The summed E-state index contributed by atoms with van der Waals surface area (Å²) in [5.41, 5.74) is 2.02. The Bertz CT molecular complexity index is 571. The molecule has 1 unspecified atom stereocenters. The molecule has 2 N–H and O–H groups in total. The average Bonchev–Trinajstić information content (AvgIpc) is 2.55. The Morgan fingerprint density at radius 1 is 1.17 bits per heavy atom. The molecule has 0 aliphatic heterocycles. The lowest BCUT2D eigenvalue weighted by Crippen LogP contribution is -2.21. The predicted octanol–water partition coefficient (Wildman–Crippen LogP) is 3.10. The lowest BCUT2D eigenvalue weighted by atomic mass is 10.0. The highest BCUT2D eigenvalue weighted by Crippen LogP contribution is 2.24. The van der Waals surface area contributed by atoms with Crippen molar-refractivity contribution in [2.75, 3.05) is 30.4 Å². The van der Waals surface area contributed by atoms with Gasteiger partial charge in [0.15, 0.2) is 0 Å². The number of anilines is 2. The third-order valence-corrected chi connectivity index (χ3v) is 3.70. The molecule has 0 aliphatic carbocycles. The fourth-order valence-corrected chi connectivity index (χ4v) is 2.46. The Morgan fingerprint density at radius 3 is 2.57 bits per heavy atom. The molecule has 0 saturated heterocycles. The Balaban J connectivity index is 2.10. The van der Waals surface area contributed by atoms with Gasteiger partial charge in [0.05, 0.1) is 30.2 Å². The van der Waals surface area contributed by atoms with E-state index in [1.54, 1.807) is 0 Å². The van der Waals surface area contributed by atoms with Crippen LogP contribution < -0.4 is 10.2 Å². The first-order valence-electron chi connectivity index (χ1n) is 8.05. The quantitative estimate of drug-likeness (QED) is 0.784. The van der Waals surface area contributed by atoms with E-state index in [4.69, 9.17) is 5.11 Å². The maximum absolute atomic E-state index is 9.00. The summed E-state index contributed by atoms with van der Waals surface area (Å²) in [5, 5.41) is 12.5. The van der Waals surface area contributed by atoms with Gasteiger partial charge in [-0.15, -0.1) is 0 Å². The Labute approximate surface area is 138 Å². The van der Waals surface area contributed by atoms with Gasteiger partial charge in [-0.2, -0.15) is 0 Å². The van der Waals surface area contributed by atoms with Gasteiger partial charge >= 0.3 is 0 Å².